The van der Waals surface area contributed by atoms with Crippen molar-refractivity contribution >= 4 is 11.8 Å². The van der Waals surface area contributed by atoms with E-state index in [-0.39, 0.29) is 102 Å². The molecule has 0 aromatic carbocycles. The summed E-state index contributed by atoms with van der Waals surface area (Å²) < 4.78 is 0. The molecule has 4 fully saturated rings. The van der Waals surface area contributed by atoms with Crippen LogP contribution in [0, 0.1) is 50.2 Å². The quantitative estimate of drug-likeness (QED) is 0.550. The van der Waals surface area contributed by atoms with Crippen molar-refractivity contribution in [2.75, 3.05) is 0 Å². The van der Waals surface area contributed by atoms with Crippen LogP contribution in [0.1, 0.15) is 106 Å². The molecule has 0 radical (unpaired) electrons. The Hall–Kier alpha value is 0.476. The molecule has 5 heteroatoms. The predicted molar refractivity (Wildman–Crippen MR) is 130 cm³/mol. The molecule has 2 unspecified atom stereocenters. The summed E-state index contributed by atoms with van der Waals surface area (Å²) in [5.41, 5.74) is -0.0781. The van der Waals surface area contributed by atoms with Crippen LogP contribution >= 0.6 is 0 Å². The number of carboxylic acid groups (broad SMARTS) is 1. The van der Waals surface area contributed by atoms with Gasteiger partial charge in [-0.15, -0.1) is 0 Å². The topological polar surface area (TPSA) is 77.4 Å². The minimum absolute atomic E-state index is 0. The van der Waals surface area contributed by atoms with E-state index in [1.54, 1.807) is 0 Å². The Labute approximate surface area is 254 Å². The summed E-state index contributed by atoms with van der Waals surface area (Å²) in [6.45, 7) is 15.7. The second-order valence-corrected chi connectivity index (χ2v) is 14.9. The van der Waals surface area contributed by atoms with E-state index in [0.717, 1.165) is 44.9 Å². The first kappa shape index (κ1) is 28.5. The van der Waals surface area contributed by atoms with Crippen molar-refractivity contribution in [3.63, 3.8) is 0 Å². The Bertz CT molecular complexity index is 971. The van der Waals surface area contributed by atoms with Crippen molar-refractivity contribution in [1.82, 2.24) is 0 Å². The molecule has 4 saturated carbocycles. The number of aliphatic hydroxyl groups excluding tert-OH is 1. The number of hydrogen-bond donors (Lipinski definition) is 1. The molecule has 0 amide bonds. The molecule has 0 aliphatic heterocycles. The first-order chi connectivity index (χ1) is 15.6. The van der Waals surface area contributed by atoms with Crippen LogP contribution in [0.4, 0.5) is 0 Å². The molecule has 190 valence electrons. The van der Waals surface area contributed by atoms with Crippen molar-refractivity contribution in [3.8, 4) is 0 Å². The molecule has 5 rings (SSSR count). The SMILES string of the molecule is CC1(C)C2CC[C@]3(C)C(C(=O)C=C4[C@@H]5C[C@@](C)(C(=O)[O-])CC[C@]5(C)CC[C@]43C)[C@@]2(C)CC[C@@H]1O.[K+]. The molecule has 4 nitrogen and oxygen atoms in total. The summed E-state index contributed by atoms with van der Waals surface area (Å²) in [7, 11) is 0. The van der Waals surface area contributed by atoms with E-state index in [1.807, 2.05) is 13.0 Å². The fourth-order valence-corrected chi connectivity index (χ4v) is 10.4. The third-order valence-corrected chi connectivity index (χ3v) is 13.0. The van der Waals surface area contributed by atoms with Gasteiger partial charge in [0.25, 0.3) is 0 Å². The smallest absolute Gasteiger partial charge is 0.550 e. The van der Waals surface area contributed by atoms with E-state index in [2.05, 4.69) is 41.5 Å². The summed E-state index contributed by atoms with van der Waals surface area (Å²) in [6, 6.07) is 0. The van der Waals surface area contributed by atoms with Crippen molar-refractivity contribution in [3.05, 3.63) is 11.6 Å². The molecule has 0 bridgehead atoms. The maximum Gasteiger partial charge on any atom is 1.00 e. The fraction of sp³-hybridized carbons (Fsp3) is 0.867. The maximum atomic E-state index is 14.2. The summed E-state index contributed by atoms with van der Waals surface area (Å²) >= 11 is 0. The minimum Gasteiger partial charge on any atom is -0.550 e. The van der Waals surface area contributed by atoms with Crippen molar-refractivity contribution in [1.29, 1.82) is 0 Å². The molecular weight excluding hydrogens is 463 g/mol. The Balaban J connectivity index is 0.00000289. The fourth-order valence-electron chi connectivity index (χ4n) is 10.4. The third-order valence-electron chi connectivity index (χ3n) is 13.0. The summed E-state index contributed by atoms with van der Waals surface area (Å²) in [4.78, 5) is 26.3. The molecule has 0 spiro atoms. The normalized spacial score (nSPS) is 52.6. The van der Waals surface area contributed by atoms with Gasteiger partial charge in [-0.3, -0.25) is 4.79 Å². The van der Waals surface area contributed by atoms with Crippen LogP contribution in [-0.4, -0.2) is 23.0 Å². The largest absolute Gasteiger partial charge is 1.00 e. The summed E-state index contributed by atoms with van der Waals surface area (Å²) in [5, 5.41) is 23.0. The van der Waals surface area contributed by atoms with Gasteiger partial charge < -0.3 is 15.0 Å². The van der Waals surface area contributed by atoms with Crippen LogP contribution in [0.3, 0.4) is 0 Å². The number of carbonyl (C=O) groups is 2. The molecule has 0 heterocycles. The van der Waals surface area contributed by atoms with Crippen molar-refractivity contribution in [2.45, 2.75) is 112 Å². The first-order valence-corrected chi connectivity index (χ1v) is 13.7. The summed E-state index contributed by atoms with van der Waals surface area (Å²) in [5.74, 6) is -0.266. The number of aliphatic hydroxyl groups is 1. The zero-order valence-electron chi connectivity index (χ0n) is 23.4. The zero-order valence-corrected chi connectivity index (χ0v) is 26.5. The number of aliphatic carboxylic acids is 1. The molecule has 35 heavy (non-hydrogen) atoms. The van der Waals surface area contributed by atoms with Crippen molar-refractivity contribution in [2.24, 2.45) is 50.2 Å². The van der Waals surface area contributed by atoms with Gasteiger partial charge in [-0.2, -0.15) is 0 Å². The second kappa shape index (κ2) is 8.49. The van der Waals surface area contributed by atoms with Crippen molar-refractivity contribution < 1.29 is 71.2 Å². The van der Waals surface area contributed by atoms with E-state index in [1.165, 1.54) is 5.57 Å². The molecule has 0 saturated heterocycles. The number of ketones is 1. The van der Waals surface area contributed by atoms with Gasteiger partial charge in [-0.25, -0.2) is 0 Å². The second-order valence-electron chi connectivity index (χ2n) is 14.9. The van der Waals surface area contributed by atoms with E-state index in [0.29, 0.717) is 18.8 Å². The molecule has 5 aliphatic carbocycles. The molecular formula is C30H45KO4. The minimum atomic E-state index is -0.940. The van der Waals surface area contributed by atoms with E-state index in [4.69, 9.17) is 0 Å². The number of allylic oxidation sites excluding steroid dienone is 2. The Morgan fingerprint density at radius 3 is 2.20 bits per heavy atom. The van der Waals surface area contributed by atoms with Gasteiger partial charge in [0.15, 0.2) is 5.78 Å². The van der Waals surface area contributed by atoms with Crippen LogP contribution < -0.4 is 56.5 Å². The number of carbonyl (C=O) groups excluding carboxylic acids is 2. The standard InChI is InChI=1S/C30H46O4.K/c1-25(2)21-8-11-30(7)23(28(21,5)10-9-22(25)32)20(31)16-18-19-17-27(4,24(33)34)13-12-26(19,3)14-15-29(18,30)6;/h16,19,21-23,32H,8-15,17H2,1-7H3,(H,33,34);/q;+1/p-1/t19-,21?,22-,23?,26+,27-,28-,29+,30+;/m0./s1. The number of rotatable bonds is 1. The van der Waals surface area contributed by atoms with Gasteiger partial charge in [0, 0.05) is 17.3 Å². The Morgan fingerprint density at radius 1 is 0.943 bits per heavy atom. The molecule has 9 atom stereocenters. The van der Waals surface area contributed by atoms with Gasteiger partial charge in [-0.05, 0) is 103 Å². The average molecular weight is 509 g/mol. The molecule has 1 N–H and O–H groups in total. The van der Waals surface area contributed by atoms with Gasteiger partial charge in [0.05, 0.1) is 6.10 Å². The number of hydrogen-bond acceptors (Lipinski definition) is 4. The van der Waals surface area contributed by atoms with Gasteiger partial charge in [0.1, 0.15) is 0 Å². The van der Waals surface area contributed by atoms with E-state index in [9.17, 15) is 19.8 Å². The van der Waals surface area contributed by atoms with Gasteiger partial charge >= 0.3 is 51.4 Å². The zero-order chi connectivity index (χ0) is 25.1. The van der Waals surface area contributed by atoms with E-state index < -0.39 is 11.4 Å². The Morgan fingerprint density at radius 2 is 1.57 bits per heavy atom. The predicted octanol–water partition coefficient (Wildman–Crippen LogP) is 2.08. The summed E-state index contributed by atoms with van der Waals surface area (Å²) in [6.07, 6.45) is 9.69. The van der Waals surface area contributed by atoms with Gasteiger partial charge in [0.2, 0.25) is 0 Å². The molecule has 0 aromatic rings. The third kappa shape index (κ3) is 3.60. The van der Waals surface area contributed by atoms with Crippen LogP contribution in [0.5, 0.6) is 0 Å². The monoisotopic (exact) mass is 508 g/mol. The average Bonchev–Trinajstić information content (AvgIpc) is 2.73. The van der Waals surface area contributed by atoms with Gasteiger partial charge in [-0.1, -0.05) is 54.0 Å². The Kier molecular flexibility index (Phi) is 6.91. The number of carboxylic acids is 1. The molecule has 5 aliphatic rings. The number of fused-ring (bicyclic) bond motifs is 7. The molecule has 0 aromatic heterocycles. The van der Waals surface area contributed by atoms with Crippen LogP contribution in [0.2, 0.25) is 0 Å². The maximum absolute atomic E-state index is 14.2. The first-order valence-electron chi connectivity index (χ1n) is 13.7. The van der Waals surface area contributed by atoms with E-state index >= 15 is 0 Å². The van der Waals surface area contributed by atoms with Crippen LogP contribution in [0.25, 0.3) is 0 Å². The van der Waals surface area contributed by atoms with Crippen LogP contribution in [-0.2, 0) is 9.59 Å². The van der Waals surface area contributed by atoms with Crippen LogP contribution in [0.15, 0.2) is 11.6 Å².